The summed E-state index contributed by atoms with van der Waals surface area (Å²) in [5, 5.41) is 17.7. The Morgan fingerprint density at radius 1 is 1.67 bits per heavy atom. The predicted molar refractivity (Wildman–Crippen MR) is 46.6 cm³/mol. The molecule has 0 spiro atoms. The van der Waals surface area contributed by atoms with E-state index in [0.29, 0.717) is 11.0 Å². The van der Waals surface area contributed by atoms with E-state index in [-0.39, 0.29) is 0 Å². The Bertz CT molecular complexity index is 193. The van der Waals surface area contributed by atoms with Crippen molar-refractivity contribution in [2.45, 2.75) is 32.4 Å². The van der Waals surface area contributed by atoms with Crippen molar-refractivity contribution in [1.29, 1.82) is 0 Å². The van der Waals surface area contributed by atoms with Crippen molar-refractivity contribution in [3.63, 3.8) is 0 Å². The summed E-state index contributed by atoms with van der Waals surface area (Å²) in [4.78, 5) is 14.1. The summed E-state index contributed by atoms with van der Waals surface area (Å²) in [5.41, 5.74) is 0. The first-order valence-corrected chi connectivity index (χ1v) is 4.50. The van der Waals surface area contributed by atoms with E-state index in [2.05, 4.69) is 21.0 Å². The van der Waals surface area contributed by atoms with Crippen LogP contribution < -0.4 is 0 Å². The molecule has 69 valence electrons. The van der Waals surface area contributed by atoms with E-state index in [4.69, 9.17) is 5.11 Å². The fourth-order valence-electron chi connectivity index (χ4n) is 0.507. The van der Waals surface area contributed by atoms with Crippen LogP contribution in [0.3, 0.4) is 0 Å². The first-order chi connectivity index (χ1) is 5.49. The zero-order valence-corrected chi connectivity index (χ0v) is 8.73. The Morgan fingerprint density at radius 3 is 2.50 bits per heavy atom. The quantitative estimate of drug-likeness (QED) is 0.525. The number of rotatable bonds is 4. The SMILES string of the molecule is CCC(O)C([Se])=N[C@@H](C)C(=O)O. The molecule has 0 rings (SSSR count). The molecule has 2 atom stereocenters. The maximum atomic E-state index is 10.3. The number of carboxylic acid groups (broad SMARTS) is 1. The van der Waals surface area contributed by atoms with E-state index in [1.165, 1.54) is 6.92 Å². The van der Waals surface area contributed by atoms with Crippen molar-refractivity contribution in [3.8, 4) is 0 Å². The van der Waals surface area contributed by atoms with E-state index in [0.717, 1.165) is 0 Å². The van der Waals surface area contributed by atoms with Crippen LogP contribution in [0.1, 0.15) is 20.3 Å². The van der Waals surface area contributed by atoms with Crippen LogP contribution in [0.2, 0.25) is 0 Å². The van der Waals surface area contributed by atoms with Crippen molar-refractivity contribution in [1.82, 2.24) is 0 Å². The molecule has 0 amide bonds. The number of carboxylic acids is 1. The molecule has 1 radical (unpaired) electrons. The molecule has 0 aliphatic rings. The Labute approximate surface area is 79.5 Å². The number of carbonyl (C=O) groups is 1. The number of hydrogen-bond donors (Lipinski definition) is 2. The molecule has 5 heteroatoms. The maximum absolute atomic E-state index is 10.3. The predicted octanol–water partition coefficient (Wildman–Crippen LogP) is -0.203. The molecule has 0 fully saturated rings. The Kier molecular flexibility index (Phi) is 5.13. The molecular weight excluding hydrogens is 225 g/mol. The number of aliphatic carboxylic acids is 1. The third kappa shape index (κ3) is 3.85. The van der Waals surface area contributed by atoms with Gasteiger partial charge in [0.1, 0.15) is 0 Å². The standard InChI is InChI=1S/C7H12NO3Se/c1-3-5(9)6(12)8-4(2)7(10)11/h4-5,9H,3H2,1-2H3,(H,10,11)/t4-,5?/m0/s1. The van der Waals surface area contributed by atoms with Crippen molar-refractivity contribution in [3.05, 3.63) is 0 Å². The van der Waals surface area contributed by atoms with Gasteiger partial charge in [-0.05, 0) is 0 Å². The molecular formula is C7H12NO3Se. The fraction of sp³-hybridized carbons (Fsp3) is 0.714. The topological polar surface area (TPSA) is 69.9 Å². The van der Waals surface area contributed by atoms with Gasteiger partial charge in [-0.25, -0.2) is 0 Å². The van der Waals surface area contributed by atoms with Crippen LogP contribution in [0.4, 0.5) is 0 Å². The van der Waals surface area contributed by atoms with E-state index >= 15 is 0 Å². The molecule has 2 N–H and O–H groups in total. The van der Waals surface area contributed by atoms with Crippen molar-refractivity contribution in [2.75, 3.05) is 0 Å². The summed E-state index contributed by atoms with van der Waals surface area (Å²) >= 11 is 2.55. The number of aliphatic hydroxyl groups excluding tert-OH is 1. The first kappa shape index (κ1) is 11.6. The Hall–Kier alpha value is -0.381. The molecule has 1 unspecified atom stereocenters. The van der Waals surface area contributed by atoms with Gasteiger partial charge >= 0.3 is 79.0 Å². The second-order valence-electron chi connectivity index (χ2n) is 2.41. The van der Waals surface area contributed by atoms with Crippen LogP contribution in [0, 0.1) is 0 Å². The number of nitrogens with zero attached hydrogens (tertiary/aromatic N) is 1. The van der Waals surface area contributed by atoms with Crippen LogP contribution in [0.25, 0.3) is 0 Å². The summed E-state index contributed by atoms with van der Waals surface area (Å²) in [6.45, 7) is 3.25. The number of hydrogen-bond acceptors (Lipinski definition) is 3. The summed E-state index contributed by atoms with van der Waals surface area (Å²) in [6.07, 6.45) is -0.148. The average molecular weight is 237 g/mol. The van der Waals surface area contributed by atoms with Gasteiger partial charge < -0.3 is 0 Å². The van der Waals surface area contributed by atoms with Gasteiger partial charge in [-0.3, -0.25) is 0 Å². The van der Waals surface area contributed by atoms with Crippen LogP contribution in [0.5, 0.6) is 0 Å². The molecule has 0 aromatic heterocycles. The second-order valence-corrected chi connectivity index (χ2v) is 3.28. The number of aliphatic imine (C=N–C) groups is 1. The van der Waals surface area contributed by atoms with Gasteiger partial charge in [0.05, 0.1) is 0 Å². The zero-order valence-electron chi connectivity index (χ0n) is 7.02. The van der Waals surface area contributed by atoms with Gasteiger partial charge in [-0.15, -0.1) is 0 Å². The summed E-state index contributed by atoms with van der Waals surface area (Å²) in [7, 11) is 0. The third-order valence-electron chi connectivity index (χ3n) is 1.35. The average Bonchev–Trinajstić information content (AvgIpc) is 2.02. The monoisotopic (exact) mass is 238 g/mol. The van der Waals surface area contributed by atoms with Gasteiger partial charge in [0.2, 0.25) is 0 Å². The van der Waals surface area contributed by atoms with Crippen molar-refractivity contribution < 1.29 is 15.0 Å². The Morgan fingerprint density at radius 2 is 2.17 bits per heavy atom. The minimum atomic E-state index is -0.994. The minimum absolute atomic E-state index is 0.354. The van der Waals surface area contributed by atoms with E-state index < -0.39 is 18.1 Å². The molecule has 0 bridgehead atoms. The fourth-order valence-corrected chi connectivity index (χ4v) is 1.19. The van der Waals surface area contributed by atoms with E-state index in [1.54, 1.807) is 6.92 Å². The molecule has 12 heavy (non-hydrogen) atoms. The van der Waals surface area contributed by atoms with E-state index in [9.17, 15) is 9.90 Å². The Balaban J connectivity index is 4.24. The van der Waals surface area contributed by atoms with Crippen LogP contribution in [-0.2, 0) is 4.79 Å². The molecule has 0 aliphatic carbocycles. The van der Waals surface area contributed by atoms with Gasteiger partial charge in [-0.1, -0.05) is 0 Å². The van der Waals surface area contributed by atoms with Crippen molar-refractivity contribution in [2.24, 2.45) is 4.99 Å². The molecule has 0 aliphatic heterocycles. The number of aliphatic hydroxyl groups is 1. The third-order valence-corrected chi connectivity index (χ3v) is 2.14. The normalized spacial score (nSPS) is 17.1. The summed E-state index contributed by atoms with van der Waals surface area (Å²) in [5.74, 6) is -0.994. The van der Waals surface area contributed by atoms with Crippen LogP contribution in [-0.4, -0.2) is 49.0 Å². The first-order valence-electron chi connectivity index (χ1n) is 3.64. The second kappa shape index (κ2) is 5.30. The van der Waals surface area contributed by atoms with Gasteiger partial charge in [0.25, 0.3) is 0 Å². The van der Waals surface area contributed by atoms with Gasteiger partial charge in [0.15, 0.2) is 0 Å². The van der Waals surface area contributed by atoms with Crippen molar-refractivity contribution >= 4 is 26.6 Å². The molecule has 0 saturated heterocycles. The van der Waals surface area contributed by atoms with E-state index in [1.807, 2.05) is 0 Å². The zero-order chi connectivity index (χ0) is 9.72. The molecule has 4 nitrogen and oxygen atoms in total. The molecule has 0 saturated carbocycles. The summed E-state index contributed by atoms with van der Waals surface area (Å²) < 4.78 is 0.354. The summed E-state index contributed by atoms with van der Waals surface area (Å²) in [6, 6.07) is -0.803. The van der Waals surface area contributed by atoms with Crippen LogP contribution in [0.15, 0.2) is 4.99 Å². The van der Waals surface area contributed by atoms with Gasteiger partial charge in [0, 0.05) is 0 Å². The molecule has 0 aromatic rings. The van der Waals surface area contributed by atoms with Crippen LogP contribution >= 0.6 is 0 Å². The van der Waals surface area contributed by atoms with Gasteiger partial charge in [-0.2, -0.15) is 0 Å². The molecule has 0 aromatic carbocycles. The molecule has 0 heterocycles.